The smallest absolute Gasteiger partial charge is 0.170 e. The molecular formula is C17H19BrN2OS. The van der Waals surface area contributed by atoms with E-state index in [0.29, 0.717) is 5.11 Å². The van der Waals surface area contributed by atoms with E-state index in [2.05, 4.69) is 32.6 Å². The van der Waals surface area contributed by atoms with Crippen molar-refractivity contribution in [1.82, 2.24) is 5.32 Å². The van der Waals surface area contributed by atoms with Crippen molar-refractivity contribution in [3.8, 4) is 5.75 Å². The van der Waals surface area contributed by atoms with Crippen LogP contribution in [0.4, 0.5) is 5.69 Å². The van der Waals surface area contributed by atoms with Crippen LogP contribution in [0.15, 0.2) is 53.0 Å². The molecule has 2 aromatic rings. The minimum Gasteiger partial charge on any atom is -0.496 e. The van der Waals surface area contributed by atoms with E-state index < -0.39 is 0 Å². The molecule has 5 heteroatoms. The van der Waals surface area contributed by atoms with Crippen molar-refractivity contribution in [3.05, 3.63) is 58.6 Å². The minimum atomic E-state index is 0.637. The first-order valence-electron chi connectivity index (χ1n) is 7.11. The SMILES string of the molecule is COc1ccccc1CCCNC(=S)Nc1cccc(Br)c1. The van der Waals surface area contributed by atoms with Crippen molar-refractivity contribution in [1.29, 1.82) is 0 Å². The van der Waals surface area contributed by atoms with Gasteiger partial charge in [-0.2, -0.15) is 0 Å². The van der Waals surface area contributed by atoms with Crippen LogP contribution in [0.1, 0.15) is 12.0 Å². The van der Waals surface area contributed by atoms with Crippen LogP contribution >= 0.6 is 28.1 Å². The number of nitrogens with one attached hydrogen (secondary N) is 2. The summed E-state index contributed by atoms with van der Waals surface area (Å²) in [6, 6.07) is 16.0. The summed E-state index contributed by atoms with van der Waals surface area (Å²) >= 11 is 8.74. The molecule has 0 spiro atoms. The number of anilines is 1. The second kappa shape index (κ2) is 8.76. The lowest BCUT2D eigenvalue weighted by Gasteiger charge is -2.11. The molecule has 0 unspecified atom stereocenters. The first-order valence-corrected chi connectivity index (χ1v) is 8.31. The molecule has 3 nitrogen and oxygen atoms in total. The summed E-state index contributed by atoms with van der Waals surface area (Å²) in [5, 5.41) is 7.03. The first-order chi connectivity index (χ1) is 10.7. The van der Waals surface area contributed by atoms with Gasteiger partial charge in [0, 0.05) is 16.7 Å². The number of benzene rings is 2. The largest absolute Gasteiger partial charge is 0.496 e. The van der Waals surface area contributed by atoms with Crippen molar-refractivity contribution >= 4 is 38.9 Å². The molecule has 0 amide bonds. The van der Waals surface area contributed by atoms with Crippen molar-refractivity contribution in [2.45, 2.75) is 12.8 Å². The lowest BCUT2D eigenvalue weighted by Crippen LogP contribution is -2.29. The van der Waals surface area contributed by atoms with Crippen molar-refractivity contribution < 1.29 is 4.74 Å². The van der Waals surface area contributed by atoms with Crippen LogP contribution in [0.2, 0.25) is 0 Å². The molecule has 0 aliphatic carbocycles. The highest BCUT2D eigenvalue weighted by Gasteiger charge is 2.02. The van der Waals surface area contributed by atoms with Gasteiger partial charge in [-0.25, -0.2) is 0 Å². The lowest BCUT2D eigenvalue weighted by molar-refractivity contribution is 0.409. The van der Waals surface area contributed by atoms with Gasteiger partial charge >= 0.3 is 0 Å². The van der Waals surface area contributed by atoms with Crippen LogP contribution in [0.5, 0.6) is 5.75 Å². The van der Waals surface area contributed by atoms with E-state index in [-0.39, 0.29) is 0 Å². The highest BCUT2D eigenvalue weighted by molar-refractivity contribution is 9.10. The molecule has 2 aromatic carbocycles. The second-order valence-electron chi connectivity index (χ2n) is 4.81. The van der Waals surface area contributed by atoms with Crippen LogP contribution in [-0.2, 0) is 6.42 Å². The standard InChI is InChI=1S/C17H19BrN2OS/c1-21-16-10-3-2-6-13(16)7-5-11-19-17(22)20-15-9-4-8-14(18)12-15/h2-4,6,8-10,12H,5,7,11H2,1H3,(H2,19,20,22). The first kappa shape index (κ1) is 16.8. The molecule has 0 bridgehead atoms. The number of hydrogen-bond donors (Lipinski definition) is 2. The number of halogens is 1. The summed E-state index contributed by atoms with van der Waals surface area (Å²) in [5.41, 5.74) is 2.19. The number of hydrogen-bond acceptors (Lipinski definition) is 2. The Balaban J connectivity index is 1.73. The third-order valence-electron chi connectivity index (χ3n) is 3.18. The summed E-state index contributed by atoms with van der Waals surface area (Å²) < 4.78 is 6.38. The van der Waals surface area contributed by atoms with E-state index in [9.17, 15) is 0 Å². The quantitative estimate of drug-likeness (QED) is 0.577. The molecule has 0 saturated heterocycles. The summed E-state index contributed by atoms with van der Waals surface area (Å²) in [4.78, 5) is 0. The molecule has 0 aliphatic heterocycles. The maximum atomic E-state index is 5.35. The van der Waals surface area contributed by atoms with Gasteiger partial charge in [0.2, 0.25) is 0 Å². The zero-order chi connectivity index (χ0) is 15.8. The van der Waals surface area contributed by atoms with Gasteiger partial charge in [0.25, 0.3) is 0 Å². The van der Waals surface area contributed by atoms with E-state index >= 15 is 0 Å². The fraction of sp³-hybridized carbons (Fsp3) is 0.235. The highest BCUT2D eigenvalue weighted by atomic mass is 79.9. The van der Waals surface area contributed by atoms with Crippen molar-refractivity contribution in [2.24, 2.45) is 0 Å². The van der Waals surface area contributed by atoms with E-state index in [0.717, 1.165) is 35.3 Å². The molecule has 116 valence electrons. The molecule has 0 aliphatic rings. The zero-order valence-corrected chi connectivity index (χ0v) is 14.8. The topological polar surface area (TPSA) is 33.3 Å². The van der Waals surface area contributed by atoms with E-state index in [4.69, 9.17) is 17.0 Å². The molecule has 0 atom stereocenters. The minimum absolute atomic E-state index is 0.637. The van der Waals surface area contributed by atoms with Crippen LogP contribution in [0.25, 0.3) is 0 Å². The van der Waals surface area contributed by atoms with Gasteiger partial charge in [-0.3, -0.25) is 0 Å². The molecule has 2 rings (SSSR count). The Kier molecular flexibility index (Phi) is 6.68. The molecule has 0 aromatic heterocycles. The summed E-state index contributed by atoms with van der Waals surface area (Å²) in [7, 11) is 1.70. The Hall–Kier alpha value is -1.59. The van der Waals surface area contributed by atoms with Crippen LogP contribution in [0.3, 0.4) is 0 Å². The van der Waals surface area contributed by atoms with Crippen molar-refractivity contribution in [3.63, 3.8) is 0 Å². The third kappa shape index (κ3) is 5.31. The predicted octanol–water partition coefficient (Wildman–Crippen LogP) is 4.38. The number of para-hydroxylation sites is 1. The molecule has 22 heavy (non-hydrogen) atoms. The number of methoxy groups -OCH3 is 1. The van der Waals surface area contributed by atoms with Crippen molar-refractivity contribution in [2.75, 3.05) is 19.0 Å². The van der Waals surface area contributed by atoms with Crippen LogP contribution in [-0.4, -0.2) is 18.8 Å². The maximum Gasteiger partial charge on any atom is 0.170 e. The number of aryl methyl sites for hydroxylation is 1. The Morgan fingerprint density at radius 2 is 2.00 bits per heavy atom. The molecule has 0 radical (unpaired) electrons. The predicted molar refractivity (Wildman–Crippen MR) is 99.7 cm³/mol. The monoisotopic (exact) mass is 378 g/mol. The van der Waals surface area contributed by atoms with E-state index in [1.807, 2.05) is 42.5 Å². The Morgan fingerprint density at radius 1 is 1.18 bits per heavy atom. The highest BCUT2D eigenvalue weighted by Crippen LogP contribution is 2.18. The van der Waals surface area contributed by atoms with Crippen LogP contribution in [0, 0.1) is 0 Å². The Morgan fingerprint density at radius 3 is 2.77 bits per heavy atom. The van der Waals surface area contributed by atoms with Crippen LogP contribution < -0.4 is 15.4 Å². The summed E-state index contributed by atoms with van der Waals surface area (Å²) in [6.07, 6.45) is 1.94. The average molecular weight is 379 g/mol. The normalized spacial score (nSPS) is 10.1. The molecule has 0 fully saturated rings. The fourth-order valence-corrected chi connectivity index (χ4v) is 2.75. The van der Waals surface area contributed by atoms with Gasteiger partial charge in [-0.05, 0) is 54.9 Å². The number of thiocarbonyl (C=S) groups is 1. The van der Waals surface area contributed by atoms with E-state index in [1.54, 1.807) is 7.11 Å². The molecule has 0 saturated carbocycles. The van der Waals surface area contributed by atoms with Gasteiger partial charge < -0.3 is 15.4 Å². The number of ether oxygens (including phenoxy) is 1. The van der Waals surface area contributed by atoms with Gasteiger partial charge in [0.15, 0.2) is 5.11 Å². The van der Waals surface area contributed by atoms with Gasteiger partial charge in [-0.1, -0.05) is 40.2 Å². The zero-order valence-electron chi connectivity index (χ0n) is 12.4. The lowest BCUT2D eigenvalue weighted by atomic mass is 10.1. The average Bonchev–Trinajstić information content (AvgIpc) is 2.52. The third-order valence-corrected chi connectivity index (χ3v) is 3.92. The summed E-state index contributed by atoms with van der Waals surface area (Å²) in [5.74, 6) is 0.942. The molecule has 0 heterocycles. The number of rotatable bonds is 6. The molecule has 2 N–H and O–H groups in total. The van der Waals surface area contributed by atoms with Gasteiger partial charge in [0.05, 0.1) is 7.11 Å². The van der Waals surface area contributed by atoms with Gasteiger partial charge in [0.1, 0.15) is 5.75 Å². The second-order valence-corrected chi connectivity index (χ2v) is 6.13. The Labute approximate surface area is 145 Å². The maximum absolute atomic E-state index is 5.35. The fourth-order valence-electron chi connectivity index (χ4n) is 2.13. The Bertz CT molecular complexity index is 634. The van der Waals surface area contributed by atoms with E-state index in [1.165, 1.54) is 5.56 Å². The van der Waals surface area contributed by atoms with Gasteiger partial charge in [-0.15, -0.1) is 0 Å². The summed E-state index contributed by atoms with van der Waals surface area (Å²) in [6.45, 7) is 0.817. The molecular weight excluding hydrogens is 360 g/mol.